The molecule has 0 unspecified atom stereocenters. The Labute approximate surface area is 195 Å². The standard InChI is InChI=1S/C23H25FN6O.2CH4/c1-15-9-10-30-21(15)23(31)28(2)19-12-25-20(27-22(19)30)8-5-17-11-26-29(14-17)13-16-3-6-18(24)7-4-16;;/h3-4,6-7,11-12,14-15,21H,5,8-10,13H2,1-2H3;2*1H4/t15-,21+;;/m0../s1. The Kier molecular flexibility index (Phi) is 7.15. The minimum atomic E-state index is -0.236. The third-order valence-corrected chi connectivity index (χ3v) is 6.30. The number of anilines is 2. The smallest absolute Gasteiger partial charge is 0.249 e. The second-order valence-corrected chi connectivity index (χ2v) is 8.47. The number of carbonyl (C=O) groups is 1. The molecule has 4 heterocycles. The van der Waals surface area contributed by atoms with Gasteiger partial charge in [0, 0.05) is 26.2 Å². The van der Waals surface area contributed by atoms with E-state index in [-0.39, 0.29) is 32.6 Å². The number of nitrogens with zero attached hydrogens (tertiary/aromatic N) is 6. The number of fused-ring (bicyclic) bond motifs is 3. The zero-order valence-corrected chi connectivity index (χ0v) is 17.7. The number of benzene rings is 1. The summed E-state index contributed by atoms with van der Waals surface area (Å²) >= 11 is 0. The zero-order valence-electron chi connectivity index (χ0n) is 17.7. The molecule has 0 aliphatic carbocycles. The summed E-state index contributed by atoms with van der Waals surface area (Å²) in [6.45, 7) is 3.59. The second-order valence-electron chi connectivity index (χ2n) is 8.47. The molecule has 0 spiro atoms. The number of hydrogen-bond donors (Lipinski definition) is 0. The van der Waals surface area contributed by atoms with Crippen LogP contribution in [0.1, 0.15) is 45.1 Å². The molecule has 1 fully saturated rings. The van der Waals surface area contributed by atoms with E-state index in [1.54, 1.807) is 23.2 Å². The van der Waals surface area contributed by atoms with Gasteiger partial charge in [-0.2, -0.15) is 5.10 Å². The molecule has 2 aromatic heterocycles. The zero-order chi connectivity index (χ0) is 21.5. The monoisotopic (exact) mass is 452 g/mol. The van der Waals surface area contributed by atoms with Gasteiger partial charge in [0.25, 0.3) is 0 Å². The summed E-state index contributed by atoms with van der Waals surface area (Å²) in [5, 5.41) is 4.42. The Morgan fingerprint density at radius 2 is 1.85 bits per heavy atom. The molecule has 2 aliphatic rings. The fourth-order valence-electron chi connectivity index (χ4n) is 4.50. The van der Waals surface area contributed by atoms with Crippen molar-refractivity contribution in [1.29, 1.82) is 0 Å². The van der Waals surface area contributed by atoms with Crippen LogP contribution in [0.2, 0.25) is 0 Å². The van der Waals surface area contributed by atoms with Crippen LogP contribution < -0.4 is 9.80 Å². The quantitative estimate of drug-likeness (QED) is 0.583. The highest BCUT2D eigenvalue weighted by Crippen LogP contribution is 2.39. The fraction of sp³-hybridized carbons (Fsp3) is 0.440. The van der Waals surface area contributed by atoms with Crippen LogP contribution >= 0.6 is 0 Å². The molecule has 1 saturated heterocycles. The lowest BCUT2D eigenvalue weighted by Gasteiger charge is -2.37. The van der Waals surface area contributed by atoms with Gasteiger partial charge in [0.2, 0.25) is 5.91 Å². The highest BCUT2D eigenvalue weighted by molar-refractivity contribution is 6.04. The topological polar surface area (TPSA) is 67.2 Å². The minimum Gasteiger partial charge on any atom is -0.342 e. The summed E-state index contributed by atoms with van der Waals surface area (Å²) in [6.07, 6.45) is 8.10. The van der Waals surface area contributed by atoms with E-state index in [1.165, 1.54) is 12.1 Å². The van der Waals surface area contributed by atoms with Gasteiger partial charge in [0.15, 0.2) is 5.82 Å². The van der Waals surface area contributed by atoms with Crippen molar-refractivity contribution in [2.24, 2.45) is 5.92 Å². The Hall–Kier alpha value is -3.29. The van der Waals surface area contributed by atoms with Crippen LogP contribution in [0.3, 0.4) is 0 Å². The van der Waals surface area contributed by atoms with Gasteiger partial charge >= 0.3 is 0 Å². The van der Waals surface area contributed by atoms with Gasteiger partial charge in [-0.25, -0.2) is 14.4 Å². The molecule has 8 heteroatoms. The van der Waals surface area contributed by atoms with Crippen LogP contribution in [0.4, 0.5) is 15.9 Å². The largest absolute Gasteiger partial charge is 0.342 e. The van der Waals surface area contributed by atoms with E-state index in [2.05, 4.69) is 21.9 Å². The number of amides is 1. The first-order valence-electron chi connectivity index (χ1n) is 10.7. The van der Waals surface area contributed by atoms with E-state index in [9.17, 15) is 9.18 Å². The highest BCUT2D eigenvalue weighted by atomic mass is 19.1. The van der Waals surface area contributed by atoms with Crippen molar-refractivity contribution < 1.29 is 9.18 Å². The lowest BCUT2D eigenvalue weighted by molar-refractivity contribution is -0.120. The van der Waals surface area contributed by atoms with Crippen LogP contribution in [-0.4, -0.2) is 45.3 Å². The number of hydrogen-bond acceptors (Lipinski definition) is 5. The first-order chi connectivity index (χ1) is 15.0. The fourth-order valence-corrected chi connectivity index (χ4v) is 4.50. The number of rotatable bonds is 5. The van der Waals surface area contributed by atoms with E-state index in [0.717, 1.165) is 47.8 Å². The molecular weight excluding hydrogens is 419 g/mol. The molecule has 2 aliphatic heterocycles. The van der Waals surface area contributed by atoms with E-state index < -0.39 is 0 Å². The summed E-state index contributed by atoms with van der Waals surface area (Å²) < 4.78 is 14.9. The summed E-state index contributed by atoms with van der Waals surface area (Å²) in [5.41, 5.74) is 2.89. The molecule has 7 nitrogen and oxygen atoms in total. The lowest BCUT2D eigenvalue weighted by atomic mass is 10.0. The van der Waals surface area contributed by atoms with Crippen LogP contribution in [-0.2, 0) is 24.2 Å². The maximum Gasteiger partial charge on any atom is 0.249 e. The predicted molar refractivity (Wildman–Crippen MR) is 129 cm³/mol. The average Bonchev–Trinajstić information content (AvgIpc) is 3.38. The molecule has 176 valence electrons. The van der Waals surface area contributed by atoms with Crippen molar-refractivity contribution >= 4 is 17.4 Å². The maximum atomic E-state index is 13.1. The van der Waals surface area contributed by atoms with E-state index >= 15 is 0 Å². The van der Waals surface area contributed by atoms with Gasteiger partial charge in [0.1, 0.15) is 23.4 Å². The van der Waals surface area contributed by atoms with Crippen LogP contribution in [0.5, 0.6) is 0 Å². The molecule has 0 saturated carbocycles. The molecule has 2 atom stereocenters. The third kappa shape index (κ3) is 4.60. The first kappa shape index (κ1) is 24.4. The molecule has 0 radical (unpaired) electrons. The van der Waals surface area contributed by atoms with E-state index in [0.29, 0.717) is 18.9 Å². The Bertz CT molecular complexity index is 1110. The van der Waals surface area contributed by atoms with E-state index in [4.69, 9.17) is 4.98 Å². The number of aromatic nitrogens is 4. The molecule has 1 amide bonds. The SMILES string of the molecule is C.C.C[C@H]1CCN2c3nc(CCc4cnn(Cc5ccc(F)cc5)c4)ncc3N(C)C(=O)[C@@H]12. The van der Waals surface area contributed by atoms with Gasteiger partial charge in [-0.15, -0.1) is 0 Å². The Morgan fingerprint density at radius 3 is 2.61 bits per heavy atom. The van der Waals surface area contributed by atoms with Crippen LogP contribution in [0.15, 0.2) is 42.9 Å². The van der Waals surface area contributed by atoms with Gasteiger partial charge in [-0.3, -0.25) is 9.48 Å². The molecule has 0 bridgehead atoms. The van der Waals surface area contributed by atoms with Crippen molar-refractivity contribution in [1.82, 2.24) is 19.7 Å². The normalized spacial score (nSPS) is 18.9. The lowest BCUT2D eigenvalue weighted by Crippen LogP contribution is -2.51. The number of carbonyl (C=O) groups excluding carboxylic acids is 1. The van der Waals surface area contributed by atoms with Gasteiger partial charge in [0.05, 0.1) is 18.9 Å². The Balaban J connectivity index is 0.00000153. The Morgan fingerprint density at radius 1 is 1.09 bits per heavy atom. The summed E-state index contributed by atoms with van der Waals surface area (Å²) in [5.74, 6) is 1.86. The molecule has 1 aromatic carbocycles. The maximum absolute atomic E-state index is 13.1. The average molecular weight is 453 g/mol. The highest BCUT2D eigenvalue weighted by Gasteiger charge is 2.44. The summed E-state index contributed by atoms with van der Waals surface area (Å²) in [4.78, 5) is 25.9. The molecular formula is C25H33FN6O. The summed E-state index contributed by atoms with van der Waals surface area (Å²) in [6, 6.07) is 6.34. The van der Waals surface area contributed by atoms with Crippen molar-refractivity contribution in [3.63, 3.8) is 0 Å². The third-order valence-electron chi connectivity index (χ3n) is 6.30. The van der Waals surface area contributed by atoms with Gasteiger partial charge < -0.3 is 9.80 Å². The number of halogens is 1. The molecule has 0 N–H and O–H groups in total. The summed E-state index contributed by atoms with van der Waals surface area (Å²) in [7, 11) is 1.81. The van der Waals surface area contributed by atoms with Crippen LogP contribution in [0.25, 0.3) is 0 Å². The minimum absolute atomic E-state index is 0. The van der Waals surface area contributed by atoms with Crippen LogP contribution in [0, 0.1) is 11.7 Å². The number of aryl methyl sites for hydroxylation is 2. The first-order valence-corrected chi connectivity index (χ1v) is 10.7. The number of likely N-dealkylation sites (N-methyl/N-ethyl adjacent to an activating group) is 1. The predicted octanol–water partition coefficient (Wildman–Crippen LogP) is 4.11. The van der Waals surface area contributed by atoms with Crippen molar-refractivity contribution in [2.75, 3.05) is 23.4 Å². The van der Waals surface area contributed by atoms with Crippen molar-refractivity contribution in [3.05, 3.63) is 65.6 Å². The van der Waals surface area contributed by atoms with Crippen molar-refractivity contribution in [2.45, 2.75) is 53.6 Å². The second kappa shape index (κ2) is 9.68. The van der Waals surface area contributed by atoms with Gasteiger partial charge in [-0.1, -0.05) is 33.9 Å². The van der Waals surface area contributed by atoms with Crippen molar-refractivity contribution in [3.8, 4) is 0 Å². The van der Waals surface area contributed by atoms with E-state index in [1.807, 2.05) is 24.1 Å². The van der Waals surface area contributed by atoms with Gasteiger partial charge in [-0.05, 0) is 42.0 Å². The molecule has 5 rings (SSSR count). The molecule has 3 aromatic rings. The molecule has 33 heavy (non-hydrogen) atoms.